The van der Waals surface area contributed by atoms with Gasteiger partial charge in [-0.25, -0.2) is 0 Å². The highest BCUT2D eigenvalue weighted by atomic mass is 35.5. The second kappa shape index (κ2) is 5.50. The predicted molar refractivity (Wildman–Crippen MR) is 79.3 cm³/mol. The van der Waals surface area contributed by atoms with E-state index >= 15 is 0 Å². The molecule has 1 aromatic carbocycles. The van der Waals surface area contributed by atoms with E-state index in [0.29, 0.717) is 23.0 Å². The van der Waals surface area contributed by atoms with Crippen molar-refractivity contribution in [2.45, 2.75) is 31.8 Å². The molecule has 2 aliphatic rings. The van der Waals surface area contributed by atoms with Gasteiger partial charge in [-0.1, -0.05) is 29.3 Å². The van der Waals surface area contributed by atoms with Gasteiger partial charge in [-0.2, -0.15) is 0 Å². The fourth-order valence-electron chi connectivity index (χ4n) is 2.56. The second-order valence-corrected chi connectivity index (χ2v) is 6.55. The third-order valence-corrected chi connectivity index (χ3v) is 4.77. The van der Waals surface area contributed by atoms with Crippen LogP contribution in [0.25, 0.3) is 0 Å². The van der Waals surface area contributed by atoms with Gasteiger partial charge in [0.1, 0.15) is 0 Å². The summed E-state index contributed by atoms with van der Waals surface area (Å²) < 4.78 is 0. The van der Waals surface area contributed by atoms with Gasteiger partial charge in [-0.3, -0.25) is 9.59 Å². The molecule has 2 atom stereocenters. The van der Waals surface area contributed by atoms with E-state index in [4.69, 9.17) is 28.3 Å². The molecule has 0 radical (unpaired) electrons. The molecular formula is C15H15Cl2NO3. The fourth-order valence-corrected chi connectivity index (χ4v) is 2.88. The first-order valence-corrected chi connectivity index (χ1v) is 7.70. The van der Waals surface area contributed by atoms with Crippen LogP contribution in [-0.4, -0.2) is 27.9 Å². The van der Waals surface area contributed by atoms with Crippen LogP contribution in [0.3, 0.4) is 0 Å². The van der Waals surface area contributed by atoms with Crippen molar-refractivity contribution in [1.29, 1.82) is 0 Å². The highest BCUT2D eigenvalue weighted by Crippen LogP contribution is 2.42. The van der Waals surface area contributed by atoms with Crippen LogP contribution >= 0.6 is 23.2 Å². The second-order valence-electron chi connectivity index (χ2n) is 5.73. The molecule has 1 amide bonds. The largest absolute Gasteiger partial charge is 0.481 e. The lowest BCUT2D eigenvalue weighted by Gasteiger charge is -2.23. The molecule has 0 heterocycles. The summed E-state index contributed by atoms with van der Waals surface area (Å²) in [5, 5.41) is 9.91. The number of carbonyl (C=O) groups is 2. The number of hydrogen-bond acceptors (Lipinski definition) is 2. The van der Waals surface area contributed by atoms with E-state index in [1.807, 2.05) is 6.07 Å². The smallest absolute Gasteiger partial charge is 0.307 e. The summed E-state index contributed by atoms with van der Waals surface area (Å²) in [6, 6.07) is 5.56. The first kappa shape index (κ1) is 14.7. The highest BCUT2D eigenvalue weighted by Gasteiger charge is 2.51. The van der Waals surface area contributed by atoms with Crippen LogP contribution in [0.1, 0.15) is 24.8 Å². The van der Waals surface area contributed by atoms with Crippen LogP contribution in [-0.2, 0) is 16.1 Å². The van der Waals surface area contributed by atoms with E-state index in [1.54, 1.807) is 17.0 Å². The zero-order valence-corrected chi connectivity index (χ0v) is 12.8. The number of carbonyl (C=O) groups excluding carboxylic acids is 1. The maximum absolute atomic E-state index is 12.5. The third kappa shape index (κ3) is 3.16. The first-order valence-electron chi connectivity index (χ1n) is 6.94. The maximum Gasteiger partial charge on any atom is 0.307 e. The van der Waals surface area contributed by atoms with Gasteiger partial charge in [0.05, 0.1) is 21.9 Å². The Morgan fingerprint density at radius 1 is 1.19 bits per heavy atom. The molecule has 1 N–H and O–H groups in total. The molecule has 0 spiro atoms. The molecule has 112 valence electrons. The van der Waals surface area contributed by atoms with Crippen LogP contribution in [0.4, 0.5) is 0 Å². The van der Waals surface area contributed by atoms with Crippen LogP contribution in [0.2, 0.25) is 10.0 Å². The zero-order valence-electron chi connectivity index (χ0n) is 11.3. The summed E-state index contributed by atoms with van der Waals surface area (Å²) in [4.78, 5) is 25.2. The van der Waals surface area contributed by atoms with E-state index in [0.717, 1.165) is 18.4 Å². The molecule has 4 nitrogen and oxygen atoms in total. The van der Waals surface area contributed by atoms with Gasteiger partial charge in [0.2, 0.25) is 5.91 Å². The van der Waals surface area contributed by atoms with E-state index < -0.39 is 11.9 Å². The van der Waals surface area contributed by atoms with Crippen molar-refractivity contribution < 1.29 is 14.7 Å². The topological polar surface area (TPSA) is 57.6 Å². The SMILES string of the molecule is O=C(O)[C@H]1C[C@H]1C(=O)N(Cc1ccc(Cl)c(Cl)c1)C1CC1. The summed E-state index contributed by atoms with van der Waals surface area (Å²) in [5.41, 5.74) is 0.914. The van der Waals surface area contributed by atoms with Crippen molar-refractivity contribution in [3.63, 3.8) is 0 Å². The zero-order chi connectivity index (χ0) is 15.1. The molecule has 2 fully saturated rings. The molecule has 6 heteroatoms. The Morgan fingerprint density at radius 2 is 1.90 bits per heavy atom. The Balaban J connectivity index is 1.72. The predicted octanol–water partition coefficient (Wildman–Crippen LogP) is 3.21. The minimum absolute atomic E-state index is 0.0454. The van der Waals surface area contributed by atoms with Crippen LogP contribution < -0.4 is 0 Å². The van der Waals surface area contributed by atoms with Crippen molar-refractivity contribution in [3.8, 4) is 0 Å². The molecule has 2 aliphatic carbocycles. The van der Waals surface area contributed by atoms with Crippen LogP contribution in [0.5, 0.6) is 0 Å². The number of amides is 1. The van der Waals surface area contributed by atoms with Gasteiger partial charge in [-0.05, 0) is 37.0 Å². The molecule has 0 saturated heterocycles. The van der Waals surface area contributed by atoms with Crippen molar-refractivity contribution in [3.05, 3.63) is 33.8 Å². The molecule has 0 bridgehead atoms. The Kier molecular flexibility index (Phi) is 3.84. The molecule has 3 rings (SSSR count). The van der Waals surface area contributed by atoms with E-state index in [1.165, 1.54) is 0 Å². The van der Waals surface area contributed by atoms with Crippen LogP contribution in [0.15, 0.2) is 18.2 Å². The molecule has 0 aliphatic heterocycles. The summed E-state index contributed by atoms with van der Waals surface area (Å²) in [6.45, 7) is 0.462. The van der Waals surface area contributed by atoms with Crippen LogP contribution in [0, 0.1) is 11.8 Å². The van der Waals surface area contributed by atoms with Gasteiger partial charge in [0.15, 0.2) is 0 Å². The first-order chi connectivity index (χ1) is 9.97. The summed E-state index contributed by atoms with van der Waals surface area (Å²) in [5.74, 6) is -1.78. The monoisotopic (exact) mass is 327 g/mol. The molecular weight excluding hydrogens is 313 g/mol. The fraction of sp³-hybridized carbons (Fsp3) is 0.467. The number of halogens is 2. The number of benzene rings is 1. The molecule has 1 aromatic rings. The summed E-state index contributed by atoms with van der Waals surface area (Å²) in [7, 11) is 0. The summed E-state index contributed by atoms with van der Waals surface area (Å²) >= 11 is 11.9. The lowest BCUT2D eigenvalue weighted by molar-refractivity contribution is -0.142. The molecule has 21 heavy (non-hydrogen) atoms. The molecule has 0 unspecified atom stereocenters. The number of aliphatic carboxylic acids is 1. The van der Waals surface area contributed by atoms with Crippen molar-refractivity contribution in [2.75, 3.05) is 0 Å². The van der Waals surface area contributed by atoms with E-state index in [-0.39, 0.29) is 17.9 Å². The minimum atomic E-state index is -0.876. The number of carboxylic acids is 1. The van der Waals surface area contributed by atoms with Gasteiger partial charge in [0.25, 0.3) is 0 Å². The normalized spacial score (nSPS) is 23.7. The van der Waals surface area contributed by atoms with E-state index in [9.17, 15) is 9.59 Å². The lowest BCUT2D eigenvalue weighted by atomic mass is 10.2. The van der Waals surface area contributed by atoms with Gasteiger partial charge >= 0.3 is 5.97 Å². The van der Waals surface area contributed by atoms with Crippen molar-refractivity contribution in [1.82, 2.24) is 4.90 Å². The number of carboxylic acid groups (broad SMARTS) is 1. The standard InChI is InChI=1S/C15H15Cl2NO3/c16-12-4-1-8(5-13(12)17)7-18(9-2-3-9)14(19)10-6-11(10)15(20)21/h1,4-5,9-11H,2-3,6-7H2,(H,20,21)/t10-,11+/m1/s1. The van der Waals surface area contributed by atoms with Gasteiger partial charge in [-0.15, -0.1) is 0 Å². The molecule has 2 saturated carbocycles. The Hall–Kier alpha value is -1.26. The molecule has 0 aromatic heterocycles. The average molecular weight is 328 g/mol. The number of nitrogens with zero attached hydrogens (tertiary/aromatic N) is 1. The summed E-state index contributed by atoms with van der Waals surface area (Å²) in [6.07, 6.45) is 2.42. The quantitative estimate of drug-likeness (QED) is 0.903. The third-order valence-electron chi connectivity index (χ3n) is 4.03. The highest BCUT2D eigenvalue weighted by molar-refractivity contribution is 6.42. The Morgan fingerprint density at radius 3 is 2.43 bits per heavy atom. The maximum atomic E-state index is 12.5. The van der Waals surface area contributed by atoms with E-state index in [2.05, 4.69) is 0 Å². The number of rotatable bonds is 5. The number of hydrogen-bond donors (Lipinski definition) is 1. The average Bonchev–Trinajstić information content (AvgIpc) is 3.30. The lowest BCUT2D eigenvalue weighted by Crippen LogP contribution is -2.34. The van der Waals surface area contributed by atoms with Gasteiger partial charge < -0.3 is 10.0 Å². The van der Waals surface area contributed by atoms with Crippen molar-refractivity contribution in [2.24, 2.45) is 11.8 Å². The minimum Gasteiger partial charge on any atom is -0.481 e. The van der Waals surface area contributed by atoms with Crippen molar-refractivity contribution >= 4 is 35.1 Å². The Bertz CT molecular complexity index is 601. The Labute approximate surface area is 132 Å². The van der Waals surface area contributed by atoms with Gasteiger partial charge in [0, 0.05) is 12.6 Å².